The summed E-state index contributed by atoms with van der Waals surface area (Å²) >= 11 is 5.29. The van der Waals surface area contributed by atoms with Crippen molar-refractivity contribution in [3.63, 3.8) is 0 Å². The largest absolute Gasteiger partial charge is 0.451 e. The van der Waals surface area contributed by atoms with Gasteiger partial charge in [-0.15, -0.1) is 0 Å². The lowest BCUT2D eigenvalue weighted by molar-refractivity contribution is -0.384. The van der Waals surface area contributed by atoms with Gasteiger partial charge in [-0.25, -0.2) is 4.39 Å². The average molecular weight is 560 g/mol. The number of nitrogens with one attached hydrogen (secondary N) is 2. The predicted molar refractivity (Wildman–Crippen MR) is 155 cm³/mol. The summed E-state index contributed by atoms with van der Waals surface area (Å²) < 4.78 is 19.6. The summed E-state index contributed by atoms with van der Waals surface area (Å²) in [5.74, 6) is -0.359. The topological polar surface area (TPSA) is 104 Å². The molecule has 1 aliphatic rings. The summed E-state index contributed by atoms with van der Waals surface area (Å²) in [6, 6.07) is 23.6. The molecule has 2 N–H and O–H groups in total. The smallest absolute Gasteiger partial charge is 0.293 e. The molecule has 1 fully saturated rings. The molecule has 0 saturated carbocycles. The first kappa shape index (κ1) is 27.0. The molecular weight excluding hydrogens is 533 g/mol. The number of halogens is 1. The molecule has 0 bridgehead atoms. The van der Waals surface area contributed by atoms with E-state index in [9.17, 15) is 19.3 Å². The molecule has 204 valence electrons. The minimum atomic E-state index is -0.543. The van der Waals surface area contributed by atoms with E-state index in [0.29, 0.717) is 29.1 Å². The fourth-order valence-corrected chi connectivity index (χ4v) is 4.71. The van der Waals surface area contributed by atoms with E-state index in [-0.39, 0.29) is 22.4 Å². The lowest BCUT2D eigenvalue weighted by Gasteiger charge is -2.36. The second-order valence-electron chi connectivity index (χ2n) is 9.28. The third-order valence-corrected chi connectivity index (χ3v) is 6.82. The fraction of sp³-hybridized carbons (Fsp3) is 0.172. The highest BCUT2D eigenvalue weighted by Gasteiger charge is 2.19. The maximum atomic E-state index is 14.0. The number of non-ortho nitro benzene ring substituents is 1. The predicted octanol–water partition coefficient (Wildman–Crippen LogP) is 5.44. The van der Waals surface area contributed by atoms with Crippen molar-refractivity contribution in [1.82, 2.24) is 10.2 Å². The van der Waals surface area contributed by atoms with Crippen molar-refractivity contribution >= 4 is 40.3 Å². The summed E-state index contributed by atoms with van der Waals surface area (Å²) in [4.78, 5) is 27.7. The van der Waals surface area contributed by atoms with Crippen molar-refractivity contribution in [1.29, 1.82) is 0 Å². The van der Waals surface area contributed by atoms with E-state index in [2.05, 4.69) is 20.4 Å². The number of amides is 1. The number of nitro groups is 1. The Morgan fingerprint density at radius 2 is 1.73 bits per heavy atom. The van der Waals surface area contributed by atoms with E-state index in [1.54, 1.807) is 24.3 Å². The Labute approximate surface area is 235 Å². The van der Waals surface area contributed by atoms with Crippen LogP contribution in [-0.4, -0.2) is 47.0 Å². The summed E-state index contributed by atoms with van der Waals surface area (Å²) in [5, 5.41) is 16.7. The van der Waals surface area contributed by atoms with Gasteiger partial charge in [-0.1, -0.05) is 30.3 Å². The number of hydrogen-bond donors (Lipinski definition) is 2. The van der Waals surface area contributed by atoms with Crippen molar-refractivity contribution in [2.45, 2.75) is 6.54 Å². The van der Waals surface area contributed by atoms with Crippen LogP contribution in [0.4, 0.5) is 21.5 Å². The van der Waals surface area contributed by atoms with E-state index in [4.69, 9.17) is 16.6 Å². The number of hydrogen-bond acceptors (Lipinski definition) is 7. The number of carbonyl (C=O) groups is 1. The van der Waals surface area contributed by atoms with Crippen LogP contribution in [-0.2, 0) is 6.54 Å². The number of thiocarbonyl (C=S) groups is 1. The summed E-state index contributed by atoms with van der Waals surface area (Å²) in [7, 11) is 0. The SMILES string of the molecule is O=C(NC(=S)Nc1ccc(N2CCN(Cc3ccccc3F)CC2)cc1)c1ccc(-c2cccc([N+](=O)[O-])c2)o1. The number of carbonyl (C=O) groups excluding carboxylic acids is 1. The van der Waals surface area contributed by atoms with Gasteiger partial charge in [0, 0.05) is 67.4 Å². The Hall–Kier alpha value is -4.61. The Morgan fingerprint density at radius 3 is 2.45 bits per heavy atom. The average Bonchev–Trinajstić information content (AvgIpc) is 3.46. The molecule has 0 radical (unpaired) electrons. The third-order valence-electron chi connectivity index (χ3n) is 6.61. The van der Waals surface area contributed by atoms with Crippen LogP contribution in [0.1, 0.15) is 16.1 Å². The highest BCUT2D eigenvalue weighted by Crippen LogP contribution is 2.26. The highest BCUT2D eigenvalue weighted by molar-refractivity contribution is 7.80. The summed E-state index contributed by atoms with van der Waals surface area (Å²) in [6.07, 6.45) is 0. The van der Waals surface area contributed by atoms with Gasteiger partial charge in [0.25, 0.3) is 11.6 Å². The number of furan rings is 1. The zero-order valence-corrected chi connectivity index (χ0v) is 22.2. The standard InChI is InChI=1S/C29H26FN5O4S/c30-25-7-2-1-4-21(25)19-33-14-16-34(17-15-33)23-10-8-22(9-11-23)31-29(40)32-28(36)27-13-12-26(39-27)20-5-3-6-24(18-20)35(37)38/h1-13,18H,14-17,19H2,(H2,31,32,36,40). The van der Waals surface area contributed by atoms with Gasteiger partial charge in [-0.05, 0) is 54.7 Å². The van der Waals surface area contributed by atoms with E-state index in [1.165, 1.54) is 24.3 Å². The number of nitrogens with zero attached hydrogens (tertiary/aromatic N) is 3. The van der Waals surface area contributed by atoms with Gasteiger partial charge in [-0.3, -0.25) is 25.1 Å². The van der Waals surface area contributed by atoms with Crippen molar-refractivity contribution in [2.24, 2.45) is 0 Å². The molecule has 40 heavy (non-hydrogen) atoms. The number of nitro benzene ring substituents is 1. The van der Waals surface area contributed by atoms with Gasteiger partial charge < -0.3 is 14.6 Å². The first-order valence-corrected chi connectivity index (χ1v) is 13.0. The zero-order valence-electron chi connectivity index (χ0n) is 21.4. The van der Waals surface area contributed by atoms with Crippen LogP contribution in [0.5, 0.6) is 0 Å². The monoisotopic (exact) mass is 559 g/mol. The van der Waals surface area contributed by atoms with Crippen LogP contribution < -0.4 is 15.5 Å². The molecule has 3 aromatic carbocycles. The van der Waals surface area contributed by atoms with Crippen LogP contribution in [0.3, 0.4) is 0 Å². The molecule has 1 aromatic heterocycles. The lowest BCUT2D eigenvalue weighted by atomic mass is 10.1. The van der Waals surface area contributed by atoms with Gasteiger partial charge in [-0.2, -0.15) is 0 Å². The molecule has 0 aliphatic carbocycles. The Kier molecular flexibility index (Phi) is 8.13. The van der Waals surface area contributed by atoms with Crippen LogP contribution >= 0.6 is 12.2 Å². The van der Waals surface area contributed by atoms with Crippen LogP contribution in [0.15, 0.2) is 89.3 Å². The van der Waals surface area contributed by atoms with E-state index in [1.807, 2.05) is 36.4 Å². The normalized spacial score (nSPS) is 13.6. The molecule has 1 amide bonds. The van der Waals surface area contributed by atoms with E-state index in [0.717, 1.165) is 31.9 Å². The van der Waals surface area contributed by atoms with Crippen molar-refractivity contribution < 1.29 is 18.5 Å². The van der Waals surface area contributed by atoms with Crippen molar-refractivity contribution in [3.8, 4) is 11.3 Å². The third kappa shape index (κ3) is 6.50. The maximum absolute atomic E-state index is 14.0. The quantitative estimate of drug-likeness (QED) is 0.175. The first-order chi connectivity index (χ1) is 19.4. The molecule has 11 heteroatoms. The Balaban J connectivity index is 1.11. The molecule has 9 nitrogen and oxygen atoms in total. The Bertz CT molecular complexity index is 1530. The molecular formula is C29H26FN5O4S. The minimum absolute atomic E-state index is 0.0233. The second kappa shape index (κ2) is 12.1. The zero-order chi connectivity index (χ0) is 28.1. The molecule has 0 spiro atoms. The molecule has 1 aliphatic heterocycles. The maximum Gasteiger partial charge on any atom is 0.293 e. The van der Waals surface area contributed by atoms with Crippen molar-refractivity contribution in [3.05, 3.63) is 112 Å². The minimum Gasteiger partial charge on any atom is -0.451 e. The van der Waals surface area contributed by atoms with E-state index >= 15 is 0 Å². The van der Waals surface area contributed by atoms with Crippen molar-refractivity contribution in [2.75, 3.05) is 36.4 Å². The van der Waals surface area contributed by atoms with Crippen LogP contribution in [0, 0.1) is 15.9 Å². The Morgan fingerprint density at radius 1 is 0.975 bits per heavy atom. The van der Waals surface area contributed by atoms with Gasteiger partial charge >= 0.3 is 0 Å². The number of rotatable bonds is 7. The molecule has 1 saturated heterocycles. The van der Waals surface area contributed by atoms with Crippen LogP contribution in [0.25, 0.3) is 11.3 Å². The molecule has 0 atom stereocenters. The number of anilines is 2. The molecule has 5 rings (SSSR count). The number of piperazine rings is 1. The lowest BCUT2D eigenvalue weighted by Crippen LogP contribution is -2.46. The van der Waals surface area contributed by atoms with Gasteiger partial charge in [0.2, 0.25) is 0 Å². The fourth-order valence-electron chi connectivity index (χ4n) is 4.50. The summed E-state index contributed by atoms with van der Waals surface area (Å²) in [5.41, 5.74) is 2.91. The van der Waals surface area contributed by atoms with Gasteiger partial charge in [0.05, 0.1) is 4.92 Å². The van der Waals surface area contributed by atoms with Gasteiger partial charge in [0.1, 0.15) is 11.6 Å². The molecule has 2 heterocycles. The van der Waals surface area contributed by atoms with Crippen LogP contribution in [0.2, 0.25) is 0 Å². The second-order valence-corrected chi connectivity index (χ2v) is 9.69. The first-order valence-electron chi connectivity index (χ1n) is 12.6. The van der Waals surface area contributed by atoms with E-state index < -0.39 is 10.8 Å². The molecule has 0 unspecified atom stereocenters. The summed E-state index contributed by atoms with van der Waals surface area (Å²) in [6.45, 7) is 3.93. The molecule has 4 aromatic rings. The van der Waals surface area contributed by atoms with Gasteiger partial charge in [0.15, 0.2) is 10.9 Å². The number of benzene rings is 3. The highest BCUT2D eigenvalue weighted by atomic mass is 32.1.